The third-order valence-electron chi connectivity index (χ3n) is 2.69. The van der Waals surface area contributed by atoms with E-state index in [0.29, 0.717) is 11.7 Å². The normalized spacial score (nSPS) is 12.8. The molecule has 2 N–H and O–H groups in total. The second-order valence-corrected chi connectivity index (χ2v) is 4.16. The van der Waals surface area contributed by atoms with Gasteiger partial charge in [0.05, 0.1) is 17.1 Å². The number of rotatable bonds is 2. The first-order valence-electron chi connectivity index (χ1n) is 5.68. The van der Waals surface area contributed by atoms with E-state index >= 15 is 0 Å². The Morgan fingerprint density at radius 1 is 1.28 bits per heavy atom. The van der Waals surface area contributed by atoms with E-state index in [4.69, 9.17) is 10.3 Å². The molecule has 90 valence electrons. The van der Waals surface area contributed by atoms with Gasteiger partial charge in [0, 0.05) is 11.6 Å². The highest BCUT2D eigenvalue weighted by Crippen LogP contribution is 2.21. The van der Waals surface area contributed by atoms with Crippen LogP contribution in [-0.2, 0) is 0 Å². The maximum Gasteiger partial charge on any atom is 0.259 e. The van der Waals surface area contributed by atoms with Crippen LogP contribution in [0.25, 0.3) is 22.4 Å². The third kappa shape index (κ3) is 1.84. The van der Waals surface area contributed by atoms with Crippen LogP contribution >= 0.6 is 0 Å². The Morgan fingerprint density at radius 2 is 2.11 bits per heavy atom. The van der Waals surface area contributed by atoms with Gasteiger partial charge in [-0.2, -0.15) is 4.98 Å². The summed E-state index contributed by atoms with van der Waals surface area (Å²) in [4.78, 5) is 8.60. The molecule has 0 amide bonds. The summed E-state index contributed by atoms with van der Waals surface area (Å²) in [5.74, 6) is 0.943. The molecule has 1 unspecified atom stereocenters. The SMILES string of the molecule is CC(N)c1noc(-c2cnc3ccccc3c2)n1. The summed E-state index contributed by atoms with van der Waals surface area (Å²) < 4.78 is 5.18. The fraction of sp³-hybridized carbons (Fsp3) is 0.154. The zero-order valence-corrected chi connectivity index (χ0v) is 9.87. The van der Waals surface area contributed by atoms with E-state index in [0.717, 1.165) is 16.5 Å². The molecule has 0 saturated heterocycles. The number of para-hydroxylation sites is 1. The quantitative estimate of drug-likeness (QED) is 0.743. The molecular weight excluding hydrogens is 228 g/mol. The molecule has 1 atom stereocenters. The van der Waals surface area contributed by atoms with Gasteiger partial charge in [-0.25, -0.2) is 0 Å². The monoisotopic (exact) mass is 240 g/mol. The van der Waals surface area contributed by atoms with E-state index in [-0.39, 0.29) is 6.04 Å². The first kappa shape index (κ1) is 10.9. The standard InChI is InChI=1S/C13H12N4O/c1-8(14)12-16-13(18-17-12)10-6-9-4-2-3-5-11(9)15-7-10/h2-8H,14H2,1H3. The zero-order valence-electron chi connectivity index (χ0n) is 9.87. The summed E-state index contributed by atoms with van der Waals surface area (Å²) in [6.07, 6.45) is 1.72. The Labute approximate surface area is 104 Å². The van der Waals surface area contributed by atoms with Crippen LogP contribution in [0.2, 0.25) is 0 Å². The van der Waals surface area contributed by atoms with Crippen LogP contribution in [0.5, 0.6) is 0 Å². The molecular formula is C13H12N4O. The smallest absolute Gasteiger partial charge is 0.259 e. The highest BCUT2D eigenvalue weighted by atomic mass is 16.5. The summed E-state index contributed by atoms with van der Waals surface area (Å²) in [5.41, 5.74) is 7.43. The molecule has 0 bridgehead atoms. The molecule has 18 heavy (non-hydrogen) atoms. The molecule has 0 spiro atoms. The zero-order chi connectivity index (χ0) is 12.5. The van der Waals surface area contributed by atoms with Crippen molar-refractivity contribution in [3.05, 3.63) is 42.4 Å². The largest absolute Gasteiger partial charge is 0.334 e. The predicted molar refractivity (Wildman–Crippen MR) is 67.6 cm³/mol. The van der Waals surface area contributed by atoms with Crippen LogP contribution in [-0.4, -0.2) is 15.1 Å². The number of fused-ring (bicyclic) bond motifs is 1. The van der Waals surface area contributed by atoms with Gasteiger partial charge in [-0.1, -0.05) is 23.4 Å². The van der Waals surface area contributed by atoms with Crippen molar-refractivity contribution in [1.29, 1.82) is 0 Å². The van der Waals surface area contributed by atoms with Crippen LogP contribution in [0.1, 0.15) is 18.8 Å². The minimum absolute atomic E-state index is 0.240. The number of hydrogen-bond acceptors (Lipinski definition) is 5. The van der Waals surface area contributed by atoms with E-state index in [2.05, 4.69) is 15.1 Å². The van der Waals surface area contributed by atoms with Crippen LogP contribution in [0.4, 0.5) is 0 Å². The number of nitrogens with two attached hydrogens (primary N) is 1. The third-order valence-corrected chi connectivity index (χ3v) is 2.69. The minimum Gasteiger partial charge on any atom is -0.334 e. The van der Waals surface area contributed by atoms with Gasteiger partial charge in [-0.15, -0.1) is 0 Å². The van der Waals surface area contributed by atoms with Crippen molar-refractivity contribution in [3.8, 4) is 11.5 Å². The number of benzene rings is 1. The average molecular weight is 240 g/mol. The molecule has 1 aromatic carbocycles. The van der Waals surface area contributed by atoms with E-state index in [1.165, 1.54) is 0 Å². The van der Waals surface area contributed by atoms with Crippen molar-refractivity contribution < 1.29 is 4.52 Å². The summed E-state index contributed by atoms with van der Waals surface area (Å²) in [6.45, 7) is 1.81. The molecule has 0 fully saturated rings. The van der Waals surface area contributed by atoms with Gasteiger partial charge in [0.2, 0.25) is 0 Å². The predicted octanol–water partition coefficient (Wildman–Crippen LogP) is 2.30. The molecule has 2 heterocycles. The lowest BCUT2D eigenvalue weighted by Crippen LogP contribution is -2.06. The van der Waals surface area contributed by atoms with Gasteiger partial charge in [0.1, 0.15) is 0 Å². The highest BCUT2D eigenvalue weighted by molar-refractivity contribution is 5.81. The Kier molecular flexibility index (Phi) is 2.53. The van der Waals surface area contributed by atoms with Crippen molar-refractivity contribution in [2.45, 2.75) is 13.0 Å². The molecule has 5 heteroatoms. The van der Waals surface area contributed by atoms with Crippen molar-refractivity contribution in [1.82, 2.24) is 15.1 Å². The summed E-state index contributed by atoms with van der Waals surface area (Å²) in [7, 11) is 0. The minimum atomic E-state index is -0.240. The highest BCUT2D eigenvalue weighted by Gasteiger charge is 2.12. The van der Waals surface area contributed by atoms with Crippen molar-refractivity contribution in [3.63, 3.8) is 0 Å². The van der Waals surface area contributed by atoms with Gasteiger partial charge in [-0.05, 0) is 19.1 Å². The average Bonchev–Trinajstić information content (AvgIpc) is 2.88. The van der Waals surface area contributed by atoms with Gasteiger partial charge >= 0.3 is 0 Å². The Bertz CT molecular complexity index is 690. The number of pyridine rings is 1. The lowest BCUT2D eigenvalue weighted by atomic mass is 10.1. The Balaban J connectivity index is 2.07. The van der Waals surface area contributed by atoms with Crippen molar-refractivity contribution in [2.24, 2.45) is 5.73 Å². The van der Waals surface area contributed by atoms with E-state index < -0.39 is 0 Å². The molecule has 5 nitrogen and oxygen atoms in total. The molecule has 3 aromatic rings. The summed E-state index contributed by atoms with van der Waals surface area (Å²) >= 11 is 0. The molecule has 0 aliphatic rings. The summed E-state index contributed by atoms with van der Waals surface area (Å²) in [6, 6.07) is 9.61. The van der Waals surface area contributed by atoms with Gasteiger partial charge in [0.25, 0.3) is 5.89 Å². The number of nitrogens with zero attached hydrogens (tertiary/aromatic N) is 3. The van der Waals surface area contributed by atoms with Gasteiger partial charge in [0.15, 0.2) is 5.82 Å². The van der Waals surface area contributed by atoms with Crippen LogP contribution in [0.3, 0.4) is 0 Å². The Hall–Kier alpha value is -2.27. The second kappa shape index (κ2) is 4.19. The Morgan fingerprint density at radius 3 is 2.89 bits per heavy atom. The van der Waals surface area contributed by atoms with E-state index in [1.54, 1.807) is 6.20 Å². The molecule has 0 saturated carbocycles. The van der Waals surface area contributed by atoms with Crippen LogP contribution in [0.15, 0.2) is 41.1 Å². The molecule has 0 radical (unpaired) electrons. The number of hydrogen-bond donors (Lipinski definition) is 1. The van der Waals surface area contributed by atoms with Crippen LogP contribution in [0, 0.1) is 0 Å². The fourth-order valence-corrected chi connectivity index (χ4v) is 1.73. The van der Waals surface area contributed by atoms with Crippen molar-refractivity contribution >= 4 is 10.9 Å². The molecule has 0 aliphatic carbocycles. The molecule has 0 aliphatic heterocycles. The first-order chi connectivity index (χ1) is 8.74. The number of aromatic nitrogens is 3. The second-order valence-electron chi connectivity index (χ2n) is 4.16. The maximum atomic E-state index is 5.70. The molecule has 2 aromatic heterocycles. The van der Waals surface area contributed by atoms with Crippen molar-refractivity contribution in [2.75, 3.05) is 0 Å². The maximum absolute atomic E-state index is 5.70. The topological polar surface area (TPSA) is 77.8 Å². The first-order valence-corrected chi connectivity index (χ1v) is 5.68. The van der Waals surface area contributed by atoms with E-state index in [9.17, 15) is 0 Å². The van der Waals surface area contributed by atoms with Gasteiger partial charge < -0.3 is 10.3 Å². The van der Waals surface area contributed by atoms with Gasteiger partial charge in [-0.3, -0.25) is 4.98 Å². The lowest BCUT2D eigenvalue weighted by molar-refractivity contribution is 0.418. The van der Waals surface area contributed by atoms with E-state index in [1.807, 2.05) is 37.3 Å². The summed E-state index contributed by atoms with van der Waals surface area (Å²) in [5, 5.41) is 4.87. The van der Waals surface area contributed by atoms with Crippen LogP contribution < -0.4 is 5.73 Å². The lowest BCUT2D eigenvalue weighted by Gasteiger charge is -1.98. The fourth-order valence-electron chi connectivity index (χ4n) is 1.73. The molecule has 3 rings (SSSR count).